The van der Waals surface area contributed by atoms with Crippen LogP contribution in [0.25, 0.3) is 0 Å². The molecule has 0 aromatic carbocycles. The van der Waals surface area contributed by atoms with E-state index in [1.54, 1.807) is 0 Å². The molecular weight excluding hydrogens is 114 g/mol. The van der Waals surface area contributed by atoms with E-state index in [9.17, 15) is 0 Å². The third-order valence-electron chi connectivity index (χ3n) is 1.21. The van der Waals surface area contributed by atoms with E-state index >= 15 is 0 Å². The number of hydrogen-bond donors (Lipinski definition) is 0. The average molecular weight is 129 g/mol. The highest BCUT2D eigenvalue weighted by molar-refractivity contribution is 4.79. The lowest BCUT2D eigenvalue weighted by Gasteiger charge is -2.18. The first-order valence-electron chi connectivity index (χ1n) is 3.25. The van der Waals surface area contributed by atoms with Crippen LogP contribution in [-0.4, -0.2) is 25.1 Å². The summed E-state index contributed by atoms with van der Waals surface area (Å²) in [6.07, 6.45) is 0. The van der Waals surface area contributed by atoms with Crippen LogP contribution in [0, 0.1) is 0 Å². The summed E-state index contributed by atoms with van der Waals surface area (Å²) >= 11 is 0. The van der Waals surface area contributed by atoms with E-state index in [1.165, 1.54) is 0 Å². The molecule has 0 aromatic rings. The fourth-order valence-electron chi connectivity index (χ4n) is 0.453. The van der Waals surface area contributed by atoms with Gasteiger partial charge in [-0.1, -0.05) is 0 Å². The minimum atomic E-state index is 0.698. The van der Waals surface area contributed by atoms with Crippen molar-refractivity contribution in [1.29, 1.82) is 0 Å². The maximum Gasteiger partial charge on any atom is 0.181 e. The molecule has 0 fully saturated rings. The number of nitrogens with zero attached hydrogens (tertiary/aromatic N) is 1. The number of hydrogen-bond acceptors (Lipinski definition) is 2. The smallest absolute Gasteiger partial charge is 0.181 e. The summed E-state index contributed by atoms with van der Waals surface area (Å²) in [6.45, 7) is 9.37. The number of ether oxygens (including phenoxy) is 1. The molecule has 2 heteroatoms. The lowest BCUT2D eigenvalue weighted by molar-refractivity contribution is 0.143. The zero-order valence-corrected chi connectivity index (χ0v) is 6.48. The highest BCUT2D eigenvalue weighted by Gasteiger charge is 1.95. The molecule has 0 unspecified atom stereocenters. The van der Waals surface area contributed by atoms with Crippen LogP contribution in [-0.2, 0) is 4.74 Å². The Hall–Kier alpha value is -0.660. The molecule has 0 aliphatic rings. The molecule has 0 spiro atoms. The van der Waals surface area contributed by atoms with Gasteiger partial charge in [-0.2, -0.15) is 0 Å². The van der Waals surface area contributed by atoms with Gasteiger partial charge in [-0.15, -0.1) is 0 Å². The maximum absolute atomic E-state index is 5.13. The van der Waals surface area contributed by atoms with Gasteiger partial charge < -0.3 is 9.64 Å². The van der Waals surface area contributed by atoms with Gasteiger partial charge in [0.25, 0.3) is 0 Å². The molecular formula is C7H15NO. The highest BCUT2D eigenvalue weighted by atomic mass is 16.5. The van der Waals surface area contributed by atoms with Crippen LogP contribution in [0.4, 0.5) is 0 Å². The minimum absolute atomic E-state index is 0.698. The fourth-order valence-corrected chi connectivity index (χ4v) is 0.453. The molecule has 0 atom stereocenters. The Labute approximate surface area is 57.1 Å². The lowest BCUT2D eigenvalue weighted by Crippen LogP contribution is -2.17. The van der Waals surface area contributed by atoms with E-state index in [1.807, 2.05) is 18.9 Å². The van der Waals surface area contributed by atoms with Crippen molar-refractivity contribution in [2.24, 2.45) is 0 Å². The molecule has 0 amide bonds. The van der Waals surface area contributed by atoms with Crippen molar-refractivity contribution in [3.63, 3.8) is 0 Å². The van der Waals surface area contributed by atoms with Gasteiger partial charge in [-0.25, -0.2) is 0 Å². The molecule has 9 heavy (non-hydrogen) atoms. The molecule has 0 bridgehead atoms. The summed E-state index contributed by atoms with van der Waals surface area (Å²) in [5, 5.41) is 0. The van der Waals surface area contributed by atoms with E-state index in [-0.39, 0.29) is 0 Å². The van der Waals surface area contributed by atoms with E-state index in [2.05, 4.69) is 13.5 Å². The van der Waals surface area contributed by atoms with Gasteiger partial charge in [0, 0.05) is 13.6 Å². The first-order chi connectivity index (χ1) is 4.22. The monoisotopic (exact) mass is 129 g/mol. The van der Waals surface area contributed by atoms with Gasteiger partial charge >= 0.3 is 0 Å². The van der Waals surface area contributed by atoms with Gasteiger partial charge in [-0.05, 0) is 20.4 Å². The van der Waals surface area contributed by atoms with Crippen LogP contribution < -0.4 is 0 Å². The van der Waals surface area contributed by atoms with Crippen molar-refractivity contribution >= 4 is 0 Å². The van der Waals surface area contributed by atoms with Gasteiger partial charge in [-0.3, -0.25) is 0 Å². The first-order valence-corrected chi connectivity index (χ1v) is 3.25. The highest BCUT2D eigenvalue weighted by Crippen LogP contribution is 1.97. The van der Waals surface area contributed by atoms with E-state index in [0.717, 1.165) is 12.4 Å². The van der Waals surface area contributed by atoms with Crippen LogP contribution in [0.15, 0.2) is 12.5 Å². The number of rotatable bonds is 4. The predicted octanol–water partition coefficient (Wildman–Crippen LogP) is 1.45. The standard InChI is InChI=1S/C7H15NO/c1-5-8(4)7(3)9-6-2/h3,5-6H2,1-2,4H3. The molecule has 0 N–H and O–H groups in total. The average Bonchev–Trinajstić information content (AvgIpc) is 1.87. The Balaban J connectivity index is 3.46. The quantitative estimate of drug-likeness (QED) is 0.533. The SMILES string of the molecule is C=C(OCC)N(C)CC. The fraction of sp³-hybridized carbons (Fsp3) is 0.714. The Morgan fingerprint density at radius 2 is 2.11 bits per heavy atom. The minimum Gasteiger partial charge on any atom is -0.480 e. The Bertz CT molecular complexity index is 90.9. The van der Waals surface area contributed by atoms with Crippen molar-refractivity contribution in [3.05, 3.63) is 12.5 Å². The van der Waals surface area contributed by atoms with Crippen LogP contribution >= 0.6 is 0 Å². The summed E-state index contributed by atoms with van der Waals surface area (Å²) in [6, 6.07) is 0. The molecule has 0 rings (SSSR count). The Morgan fingerprint density at radius 1 is 1.56 bits per heavy atom. The molecule has 0 heterocycles. The summed E-state index contributed by atoms with van der Waals surface area (Å²) in [7, 11) is 1.96. The van der Waals surface area contributed by atoms with Gasteiger partial charge in [0.15, 0.2) is 5.88 Å². The molecule has 0 aromatic heterocycles. The van der Waals surface area contributed by atoms with Crippen LogP contribution in [0.2, 0.25) is 0 Å². The summed E-state index contributed by atoms with van der Waals surface area (Å²) in [4.78, 5) is 1.96. The zero-order valence-electron chi connectivity index (χ0n) is 6.48. The van der Waals surface area contributed by atoms with Crippen molar-refractivity contribution in [2.75, 3.05) is 20.2 Å². The van der Waals surface area contributed by atoms with Crippen LogP contribution in [0.1, 0.15) is 13.8 Å². The summed E-state index contributed by atoms with van der Waals surface area (Å²) in [5.74, 6) is 0.750. The largest absolute Gasteiger partial charge is 0.480 e. The Kier molecular flexibility index (Phi) is 3.93. The summed E-state index contributed by atoms with van der Waals surface area (Å²) < 4.78 is 5.13. The third kappa shape index (κ3) is 3.01. The second-order valence-electron chi connectivity index (χ2n) is 1.84. The maximum atomic E-state index is 5.13. The van der Waals surface area contributed by atoms with E-state index in [4.69, 9.17) is 4.74 Å². The van der Waals surface area contributed by atoms with Crippen molar-refractivity contribution in [2.45, 2.75) is 13.8 Å². The molecule has 0 aliphatic heterocycles. The van der Waals surface area contributed by atoms with Gasteiger partial charge in [0.2, 0.25) is 0 Å². The second kappa shape index (κ2) is 4.24. The topological polar surface area (TPSA) is 12.5 Å². The second-order valence-corrected chi connectivity index (χ2v) is 1.84. The summed E-state index contributed by atoms with van der Waals surface area (Å²) in [5.41, 5.74) is 0. The van der Waals surface area contributed by atoms with Gasteiger partial charge in [0.05, 0.1) is 6.61 Å². The molecule has 2 nitrogen and oxygen atoms in total. The van der Waals surface area contributed by atoms with Crippen LogP contribution in [0.5, 0.6) is 0 Å². The van der Waals surface area contributed by atoms with E-state index < -0.39 is 0 Å². The van der Waals surface area contributed by atoms with Crippen LogP contribution in [0.3, 0.4) is 0 Å². The third-order valence-corrected chi connectivity index (χ3v) is 1.21. The predicted molar refractivity (Wildman–Crippen MR) is 39.1 cm³/mol. The Morgan fingerprint density at radius 3 is 2.44 bits per heavy atom. The van der Waals surface area contributed by atoms with Crippen molar-refractivity contribution in [3.8, 4) is 0 Å². The van der Waals surface area contributed by atoms with E-state index in [0.29, 0.717) is 6.61 Å². The molecule has 54 valence electrons. The molecule has 0 radical (unpaired) electrons. The normalized spacial score (nSPS) is 8.78. The zero-order chi connectivity index (χ0) is 7.28. The first kappa shape index (κ1) is 8.34. The lowest BCUT2D eigenvalue weighted by atomic mass is 10.6. The molecule has 0 saturated carbocycles. The van der Waals surface area contributed by atoms with Crippen molar-refractivity contribution in [1.82, 2.24) is 4.90 Å². The molecule has 0 aliphatic carbocycles. The van der Waals surface area contributed by atoms with Crippen molar-refractivity contribution < 1.29 is 4.74 Å². The molecule has 0 saturated heterocycles. The van der Waals surface area contributed by atoms with Gasteiger partial charge in [0.1, 0.15) is 0 Å².